The molecule has 0 spiro atoms. The average molecular weight is 306 g/mol. The molecule has 3 N–H and O–H groups in total. The Hall–Kier alpha value is -2.15. The molecule has 6 nitrogen and oxygen atoms in total. The summed E-state index contributed by atoms with van der Waals surface area (Å²) in [6.07, 6.45) is 4.46. The number of hydrazine groups is 1. The van der Waals surface area contributed by atoms with Crippen molar-refractivity contribution >= 4 is 29.1 Å². The molecule has 1 fully saturated rings. The SMILES string of the molecule is O=C(NNC(=O)[C@@H]1[C@@H](C(=O)O)[C@H]2C=C[C@H]1C2)c1cccs1. The van der Waals surface area contributed by atoms with Gasteiger partial charge in [-0.25, -0.2) is 0 Å². The van der Waals surface area contributed by atoms with Gasteiger partial charge in [-0.3, -0.25) is 25.2 Å². The third-order valence-electron chi connectivity index (χ3n) is 4.09. The Labute approximate surface area is 124 Å². The molecule has 1 heterocycles. The first-order chi connectivity index (χ1) is 10.1. The summed E-state index contributed by atoms with van der Waals surface area (Å²) in [6, 6.07) is 3.38. The first kappa shape index (κ1) is 13.8. The van der Waals surface area contributed by atoms with Gasteiger partial charge in [-0.2, -0.15) is 0 Å². The van der Waals surface area contributed by atoms with E-state index in [9.17, 15) is 19.5 Å². The number of hydrogen-bond donors (Lipinski definition) is 3. The van der Waals surface area contributed by atoms with E-state index in [2.05, 4.69) is 10.9 Å². The fraction of sp³-hybridized carbons (Fsp3) is 0.357. The number of allylic oxidation sites excluding steroid dienone is 2. The largest absolute Gasteiger partial charge is 0.481 e. The molecule has 0 radical (unpaired) electrons. The zero-order chi connectivity index (χ0) is 15.0. The highest BCUT2D eigenvalue weighted by molar-refractivity contribution is 7.12. The van der Waals surface area contributed by atoms with Crippen molar-refractivity contribution in [2.45, 2.75) is 6.42 Å². The van der Waals surface area contributed by atoms with Crippen LogP contribution in [0, 0.1) is 23.7 Å². The fourth-order valence-electron chi connectivity index (χ4n) is 3.19. The van der Waals surface area contributed by atoms with Gasteiger partial charge in [0.1, 0.15) is 0 Å². The van der Waals surface area contributed by atoms with Gasteiger partial charge in [0.25, 0.3) is 5.91 Å². The summed E-state index contributed by atoms with van der Waals surface area (Å²) in [6.45, 7) is 0. The van der Waals surface area contributed by atoms with Gasteiger partial charge >= 0.3 is 5.97 Å². The number of carbonyl (C=O) groups excluding carboxylic acids is 2. The Morgan fingerprint density at radius 2 is 1.86 bits per heavy atom. The molecule has 2 aliphatic rings. The minimum absolute atomic E-state index is 0.0604. The molecule has 0 unspecified atom stereocenters. The van der Waals surface area contributed by atoms with Gasteiger partial charge in [0, 0.05) is 0 Å². The summed E-state index contributed by atoms with van der Waals surface area (Å²) in [4.78, 5) is 35.8. The van der Waals surface area contributed by atoms with E-state index in [-0.39, 0.29) is 11.8 Å². The van der Waals surface area contributed by atoms with Crippen molar-refractivity contribution in [2.75, 3.05) is 0 Å². The standard InChI is InChI=1S/C14H14N2O4S/c17-12(9-2-1-5-21-9)15-16-13(18)10-7-3-4-8(6-7)11(10)14(19)20/h1-5,7-8,10-11H,6H2,(H,15,17)(H,16,18)(H,19,20)/t7-,8-,10-,11-/m0/s1. The first-order valence-electron chi connectivity index (χ1n) is 6.62. The van der Waals surface area contributed by atoms with Crippen molar-refractivity contribution in [1.29, 1.82) is 0 Å². The van der Waals surface area contributed by atoms with Crippen LogP contribution >= 0.6 is 11.3 Å². The normalized spacial score (nSPS) is 29.3. The van der Waals surface area contributed by atoms with Crippen LogP contribution in [0.4, 0.5) is 0 Å². The van der Waals surface area contributed by atoms with Gasteiger partial charge in [0.05, 0.1) is 16.7 Å². The minimum atomic E-state index is -0.961. The number of fused-ring (bicyclic) bond motifs is 2. The van der Waals surface area contributed by atoms with Crippen molar-refractivity contribution in [2.24, 2.45) is 23.7 Å². The molecule has 2 amide bonds. The lowest BCUT2D eigenvalue weighted by molar-refractivity contribution is -0.148. The molecule has 0 aliphatic heterocycles. The Kier molecular flexibility index (Phi) is 3.50. The second-order valence-electron chi connectivity index (χ2n) is 5.26. The molecule has 2 bridgehead atoms. The summed E-state index contributed by atoms with van der Waals surface area (Å²) in [5.41, 5.74) is 4.69. The molecule has 1 aromatic rings. The Bertz CT molecular complexity index is 611. The van der Waals surface area contributed by atoms with Gasteiger partial charge < -0.3 is 5.11 Å². The predicted molar refractivity (Wildman–Crippen MR) is 75.3 cm³/mol. The van der Waals surface area contributed by atoms with E-state index in [1.807, 2.05) is 12.2 Å². The molecule has 3 rings (SSSR count). The Morgan fingerprint density at radius 1 is 1.14 bits per heavy atom. The highest BCUT2D eigenvalue weighted by Crippen LogP contribution is 2.48. The van der Waals surface area contributed by atoms with Crippen LogP contribution in [-0.4, -0.2) is 22.9 Å². The summed E-state index contributed by atoms with van der Waals surface area (Å²) >= 11 is 1.26. The van der Waals surface area contributed by atoms with Crippen LogP contribution in [-0.2, 0) is 9.59 Å². The van der Waals surface area contributed by atoms with E-state index in [0.717, 1.165) is 0 Å². The zero-order valence-electron chi connectivity index (χ0n) is 11.0. The molecule has 21 heavy (non-hydrogen) atoms. The summed E-state index contributed by atoms with van der Waals surface area (Å²) in [5, 5.41) is 11.0. The van der Waals surface area contributed by atoms with Gasteiger partial charge in [-0.15, -0.1) is 11.3 Å². The Morgan fingerprint density at radius 3 is 2.48 bits per heavy atom. The number of nitrogens with one attached hydrogen (secondary N) is 2. The number of hydrogen-bond acceptors (Lipinski definition) is 4. The van der Waals surface area contributed by atoms with Gasteiger partial charge in [-0.1, -0.05) is 18.2 Å². The predicted octanol–water partition coefficient (Wildman–Crippen LogP) is 1.03. The molecule has 4 atom stereocenters. The number of carboxylic acids is 1. The van der Waals surface area contributed by atoms with Crippen molar-refractivity contribution < 1.29 is 19.5 Å². The summed E-state index contributed by atoms with van der Waals surface area (Å²) < 4.78 is 0. The molecule has 0 aromatic carbocycles. The fourth-order valence-corrected chi connectivity index (χ4v) is 3.81. The number of amides is 2. The number of carboxylic acid groups (broad SMARTS) is 1. The molecule has 7 heteroatoms. The number of rotatable bonds is 3. The number of thiophene rings is 1. The second kappa shape index (κ2) is 5.33. The van der Waals surface area contributed by atoms with Crippen LogP contribution < -0.4 is 10.9 Å². The molecule has 1 aromatic heterocycles. The first-order valence-corrected chi connectivity index (χ1v) is 7.50. The van der Waals surface area contributed by atoms with Crippen LogP contribution in [0.5, 0.6) is 0 Å². The summed E-state index contributed by atoms with van der Waals surface area (Å²) in [5.74, 6) is -3.28. The van der Waals surface area contributed by atoms with Crippen molar-refractivity contribution in [3.63, 3.8) is 0 Å². The van der Waals surface area contributed by atoms with Crippen molar-refractivity contribution in [3.8, 4) is 0 Å². The molecular formula is C14H14N2O4S. The third kappa shape index (κ3) is 2.44. The third-order valence-corrected chi connectivity index (χ3v) is 4.96. The lowest BCUT2D eigenvalue weighted by atomic mass is 9.82. The van der Waals surface area contributed by atoms with Crippen LogP contribution in [0.15, 0.2) is 29.7 Å². The molecule has 1 saturated carbocycles. The van der Waals surface area contributed by atoms with E-state index < -0.39 is 29.6 Å². The average Bonchev–Trinajstić information content (AvgIpc) is 3.17. The molecule has 2 aliphatic carbocycles. The quantitative estimate of drug-likeness (QED) is 0.574. The molecule has 0 saturated heterocycles. The van der Waals surface area contributed by atoms with E-state index >= 15 is 0 Å². The van der Waals surface area contributed by atoms with Crippen LogP contribution in [0.1, 0.15) is 16.1 Å². The molecule has 110 valence electrons. The monoisotopic (exact) mass is 306 g/mol. The number of carbonyl (C=O) groups is 3. The van der Waals surface area contributed by atoms with Crippen LogP contribution in [0.2, 0.25) is 0 Å². The van der Waals surface area contributed by atoms with Gasteiger partial charge in [0.15, 0.2) is 0 Å². The lowest BCUT2D eigenvalue weighted by Crippen LogP contribution is -2.48. The van der Waals surface area contributed by atoms with E-state index in [1.54, 1.807) is 17.5 Å². The van der Waals surface area contributed by atoms with Crippen molar-refractivity contribution in [3.05, 3.63) is 34.5 Å². The molecular weight excluding hydrogens is 292 g/mol. The van der Waals surface area contributed by atoms with E-state index in [4.69, 9.17) is 0 Å². The van der Waals surface area contributed by atoms with Gasteiger partial charge in [-0.05, 0) is 29.7 Å². The zero-order valence-corrected chi connectivity index (χ0v) is 11.8. The lowest BCUT2D eigenvalue weighted by Gasteiger charge is -2.23. The highest BCUT2D eigenvalue weighted by atomic mass is 32.1. The maximum atomic E-state index is 12.2. The second-order valence-corrected chi connectivity index (χ2v) is 6.21. The smallest absolute Gasteiger partial charge is 0.307 e. The van der Waals surface area contributed by atoms with E-state index in [0.29, 0.717) is 11.3 Å². The van der Waals surface area contributed by atoms with E-state index in [1.165, 1.54) is 11.3 Å². The topological polar surface area (TPSA) is 95.5 Å². The van der Waals surface area contributed by atoms with Crippen molar-refractivity contribution in [1.82, 2.24) is 10.9 Å². The highest BCUT2D eigenvalue weighted by Gasteiger charge is 2.51. The van der Waals surface area contributed by atoms with Crippen LogP contribution in [0.3, 0.4) is 0 Å². The Balaban J connectivity index is 1.64. The summed E-state index contributed by atoms with van der Waals surface area (Å²) in [7, 11) is 0. The minimum Gasteiger partial charge on any atom is -0.481 e. The van der Waals surface area contributed by atoms with Crippen LogP contribution in [0.25, 0.3) is 0 Å². The van der Waals surface area contributed by atoms with Gasteiger partial charge in [0.2, 0.25) is 5.91 Å². The number of aliphatic carboxylic acids is 1. The maximum absolute atomic E-state index is 12.2. The maximum Gasteiger partial charge on any atom is 0.307 e.